The lowest BCUT2D eigenvalue weighted by molar-refractivity contribution is -0.385. The molecule has 2 rings (SSSR count). The highest BCUT2D eigenvalue weighted by atomic mass is 16.6. The van der Waals surface area contributed by atoms with E-state index < -0.39 is 23.4 Å². The highest BCUT2D eigenvalue weighted by Gasteiger charge is 2.16. The number of nitrogens with one attached hydrogen (secondary N) is 1. The van der Waals surface area contributed by atoms with E-state index >= 15 is 0 Å². The van der Waals surface area contributed by atoms with E-state index in [0.717, 1.165) is 0 Å². The zero-order valence-electron chi connectivity index (χ0n) is 13.4. The second-order valence-electron chi connectivity index (χ2n) is 5.19. The zero-order chi connectivity index (χ0) is 18.4. The predicted octanol–water partition coefficient (Wildman–Crippen LogP) is 2.19. The number of anilines is 1. The SMILES string of the molecule is Cc1c(NC(=O)COC(=O)c2ccc(CO)cc2)cccc1[N+](=O)[O-]. The Bertz CT molecular complexity index is 801. The fourth-order valence-corrected chi connectivity index (χ4v) is 2.10. The molecule has 1 amide bonds. The van der Waals surface area contributed by atoms with E-state index in [0.29, 0.717) is 11.1 Å². The minimum atomic E-state index is -0.685. The van der Waals surface area contributed by atoms with E-state index in [4.69, 9.17) is 9.84 Å². The van der Waals surface area contributed by atoms with Crippen molar-refractivity contribution in [2.75, 3.05) is 11.9 Å². The quantitative estimate of drug-likeness (QED) is 0.471. The minimum Gasteiger partial charge on any atom is -0.452 e. The summed E-state index contributed by atoms with van der Waals surface area (Å²) in [6, 6.07) is 10.4. The molecule has 0 bridgehead atoms. The van der Waals surface area contributed by atoms with Crippen LogP contribution in [0.3, 0.4) is 0 Å². The van der Waals surface area contributed by atoms with Gasteiger partial charge in [0, 0.05) is 6.07 Å². The average Bonchev–Trinajstić information content (AvgIpc) is 2.61. The summed E-state index contributed by atoms with van der Waals surface area (Å²) in [6.45, 7) is 0.853. The molecule has 0 aromatic heterocycles. The van der Waals surface area contributed by atoms with Crippen LogP contribution in [0.1, 0.15) is 21.5 Å². The lowest BCUT2D eigenvalue weighted by atomic mass is 10.1. The summed E-state index contributed by atoms with van der Waals surface area (Å²) >= 11 is 0. The topological polar surface area (TPSA) is 119 Å². The van der Waals surface area contributed by atoms with Gasteiger partial charge in [0.05, 0.1) is 28.3 Å². The third-order valence-corrected chi connectivity index (χ3v) is 3.48. The van der Waals surface area contributed by atoms with Gasteiger partial charge >= 0.3 is 5.97 Å². The van der Waals surface area contributed by atoms with Gasteiger partial charge in [0.25, 0.3) is 11.6 Å². The van der Waals surface area contributed by atoms with Crippen LogP contribution in [-0.2, 0) is 16.1 Å². The van der Waals surface area contributed by atoms with Gasteiger partial charge < -0.3 is 15.2 Å². The number of nitro benzene ring substituents is 1. The molecule has 2 aromatic rings. The van der Waals surface area contributed by atoms with Crippen LogP contribution >= 0.6 is 0 Å². The maximum Gasteiger partial charge on any atom is 0.338 e. The van der Waals surface area contributed by atoms with Gasteiger partial charge in [0.2, 0.25) is 0 Å². The molecule has 0 saturated heterocycles. The number of rotatable bonds is 6. The molecule has 0 unspecified atom stereocenters. The van der Waals surface area contributed by atoms with Gasteiger partial charge in [0.15, 0.2) is 6.61 Å². The Morgan fingerprint density at radius 3 is 2.48 bits per heavy atom. The molecule has 0 aliphatic rings. The monoisotopic (exact) mass is 344 g/mol. The van der Waals surface area contributed by atoms with E-state index in [-0.39, 0.29) is 23.5 Å². The van der Waals surface area contributed by atoms with Crippen molar-refractivity contribution in [3.05, 3.63) is 69.3 Å². The molecule has 8 nitrogen and oxygen atoms in total. The van der Waals surface area contributed by atoms with Gasteiger partial charge in [-0.1, -0.05) is 18.2 Å². The number of carbonyl (C=O) groups excluding carboxylic acids is 2. The molecular weight excluding hydrogens is 328 g/mol. The van der Waals surface area contributed by atoms with Crippen LogP contribution in [0.15, 0.2) is 42.5 Å². The third-order valence-electron chi connectivity index (χ3n) is 3.48. The number of nitrogens with zero attached hydrogens (tertiary/aromatic N) is 1. The zero-order valence-corrected chi connectivity index (χ0v) is 13.4. The second kappa shape index (κ2) is 8.02. The Kier molecular flexibility index (Phi) is 5.80. The second-order valence-corrected chi connectivity index (χ2v) is 5.19. The smallest absolute Gasteiger partial charge is 0.338 e. The van der Waals surface area contributed by atoms with Crippen molar-refractivity contribution < 1.29 is 24.4 Å². The van der Waals surface area contributed by atoms with Crippen molar-refractivity contribution in [2.45, 2.75) is 13.5 Å². The van der Waals surface area contributed by atoms with Crippen LogP contribution in [-0.4, -0.2) is 28.5 Å². The third kappa shape index (κ3) is 4.61. The first kappa shape index (κ1) is 18.1. The van der Waals surface area contributed by atoms with E-state index in [1.807, 2.05) is 0 Å². The first-order valence-electron chi connectivity index (χ1n) is 7.33. The molecule has 0 radical (unpaired) electrons. The van der Waals surface area contributed by atoms with Crippen LogP contribution in [0, 0.1) is 17.0 Å². The van der Waals surface area contributed by atoms with Crippen molar-refractivity contribution in [2.24, 2.45) is 0 Å². The Labute approximate surface area is 143 Å². The maximum atomic E-state index is 11.9. The first-order valence-corrected chi connectivity index (χ1v) is 7.33. The van der Waals surface area contributed by atoms with Gasteiger partial charge in [-0.05, 0) is 30.7 Å². The fraction of sp³-hybridized carbons (Fsp3) is 0.176. The fourth-order valence-electron chi connectivity index (χ4n) is 2.10. The number of hydrogen-bond donors (Lipinski definition) is 2. The maximum absolute atomic E-state index is 11.9. The number of hydrogen-bond acceptors (Lipinski definition) is 6. The number of esters is 1. The molecule has 2 N–H and O–H groups in total. The molecule has 8 heteroatoms. The van der Waals surface area contributed by atoms with Gasteiger partial charge in [-0.2, -0.15) is 0 Å². The molecule has 0 atom stereocenters. The molecule has 2 aromatic carbocycles. The molecule has 0 fully saturated rings. The summed E-state index contributed by atoms with van der Waals surface area (Å²) in [5, 5.41) is 22.3. The number of aliphatic hydroxyl groups is 1. The summed E-state index contributed by atoms with van der Waals surface area (Å²) in [4.78, 5) is 34.1. The molecule has 0 spiro atoms. The summed E-state index contributed by atoms with van der Waals surface area (Å²) in [6.07, 6.45) is 0. The molecule has 0 heterocycles. The van der Waals surface area contributed by atoms with Gasteiger partial charge in [-0.25, -0.2) is 4.79 Å². The lowest BCUT2D eigenvalue weighted by Gasteiger charge is -2.09. The molecule has 0 saturated carbocycles. The summed E-state index contributed by atoms with van der Waals surface area (Å²) < 4.78 is 4.91. The van der Waals surface area contributed by atoms with E-state index in [1.54, 1.807) is 12.1 Å². The number of nitro groups is 1. The molecule has 25 heavy (non-hydrogen) atoms. The predicted molar refractivity (Wildman–Crippen MR) is 89.1 cm³/mol. The normalized spacial score (nSPS) is 10.2. The van der Waals surface area contributed by atoms with Crippen LogP contribution < -0.4 is 5.32 Å². The van der Waals surface area contributed by atoms with Crippen molar-refractivity contribution >= 4 is 23.3 Å². The summed E-state index contributed by atoms with van der Waals surface area (Å²) in [5.74, 6) is -1.29. The van der Waals surface area contributed by atoms with Crippen LogP contribution in [0.4, 0.5) is 11.4 Å². The summed E-state index contributed by atoms with van der Waals surface area (Å²) in [5.41, 5.74) is 1.38. The molecule has 130 valence electrons. The van der Waals surface area contributed by atoms with Crippen molar-refractivity contribution in [1.29, 1.82) is 0 Å². The highest BCUT2D eigenvalue weighted by Crippen LogP contribution is 2.24. The van der Waals surface area contributed by atoms with E-state index in [1.165, 1.54) is 37.3 Å². The van der Waals surface area contributed by atoms with Crippen LogP contribution in [0.25, 0.3) is 0 Å². The largest absolute Gasteiger partial charge is 0.452 e. The Hall–Kier alpha value is -3.26. The Balaban J connectivity index is 1.95. The van der Waals surface area contributed by atoms with Crippen LogP contribution in [0.2, 0.25) is 0 Å². The van der Waals surface area contributed by atoms with Gasteiger partial charge in [0.1, 0.15) is 0 Å². The number of ether oxygens (including phenoxy) is 1. The number of carbonyl (C=O) groups is 2. The highest BCUT2D eigenvalue weighted by molar-refractivity contribution is 5.96. The number of benzene rings is 2. The first-order chi connectivity index (χ1) is 11.9. The van der Waals surface area contributed by atoms with Crippen molar-refractivity contribution in [1.82, 2.24) is 0 Å². The van der Waals surface area contributed by atoms with Crippen LogP contribution in [0.5, 0.6) is 0 Å². The van der Waals surface area contributed by atoms with Gasteiger partial charge in [-0.15, -0.1) is 0 Å². The number of amides is 1. The minimum absolute atomic E-state index is 0.112. The molecule has 0 aliphatic carbocycles. The van der Waals surface area contributed by atoms with E-state index in [9.17, 15) is 19.7 Å². The van der Waals surface area contributed by atoms with Crippen molar-refractivity contribution in [3.8, 4) is 0 Å². The number of aliphatic hydroxyl groups excluding tert-OH is 1. The molecule has 0 aliphatic heterocycles. The molecular formula is C17H16N2O6. The standard InChI is InChI=1S/C17H16N2O6/c1-11-14(3-2-4-15(11)19(23)24)18-16(21)10-25-17(22)13-7-5-12(9-20)6-8-13/h2-8,20H,9-10H2,1H3,(H,18,21). The van der Waals surface area contributed by atoms with Crippen molar-refractivity contribution in [3.63, 3.8) is 0 Å². The van der Waals surface area contributed by atoms with Gasteiger partial charge in [-0.3, -0.25) is 14.9 Å². The lowest BCUT2D eigenvalue weighted by Crippen LogP contribution is -2.21. The Morgan fingerprint density at radius 2 is 1.88 bits per heavy atom. The van der Waals surface area contributed by atoms with E-state index in [2.05, 4.69) is 5.32 Å². The summed E-state index contributed by atoms with van der Waals surface area (Å²) in [7, 11) is 0. The Morgan fingerprint density at radius 1 is 1.20 bits per heavy atom. The average molecular weight is 344 g/mol.